The average molecular weight is 164 g/mol. The quantitative estimate of drug-likeness (QED) is 0.537. The lowest BCUT2D eigenvalue weighted by molar-refractivity contribution is 0.221. The molecule has 0 rings (SSSR count). The topological polar surface area (TPSA) is 87.2 Å². The van der Waals surface area contributed by atoms with E-state index in [1.165, 1.54) is 0 Å². The first-order valence-electron chi connectivity index (χ1n) is 3.03. The predicted octanol–water partition coefficient (Wildman–Crippen LogP) is 0.784. The second-order valence-corrected chi connectivity index (χ2v) is 3.40. The molecule has 0 radical (unpaired) electrons. The standard InChI is InChI=1S/C5H12N2O2S/c6-3-1-2-4-10(7)5(8)9/h7H,1-4,6H2,(H,8,9). The van der Waals surface area contributed by atoms with E-state index in [1.807, 2.05) is 0 Å². The molecule has 4 N–H and O–H groups in total. The second kappa shape index (κ2) is 5.37. The van der Waals surface area contributed by atoms with Crippen LogP contribution in [0.1, 0.15) is 12.8 Å². The Morgan fingerprint density at radius 1 is 1.60 bits per heavy atom. The van der Waals surface area contributed by atoms with Crippen LogP contribution in [-0.4, -0.2) is 22.7 Å². The lowest BCUT2D eigenvalue weighted by Gasteiger charge is -1.96. The van der Waals surface area contributed by atoms with Crippen LogP contribution < -0.4 is 5.73 Å². The molecule has 0 amide bonds. The van der Waals surface area contributed by atoms with E-state index >= 15 is 0 Å². The fourth-order valence-electron chi connectivity index (χ4n) is 0.478. The molecule has 0 saturated carbocycles. The van der Waals surface area contributed by atoms with Crippen LogP contribution >= 0.6 is 0 Å². The lowest BCUT2D eigenvalue weighted by Crippen LogP contribution is -2.08. The maximum Gasteiger partial charge on any atom is 0.375 e. The SMILES string of the molecule is N=S(CCCCN)C(=O)O. The van der Waals surface area contributed by atoms with Crippen LogP contribution in [0.15, 0.2) is 0 Å². The van der Waals surface area contributed by atoms with Crippen molar-refractivity contribution < 1.29 is 9.90 Å². The van der Waals surface area contributed by atoms with Gasteiger partial charge in [-0.2, -0.15) is 0 Å². The number of carboxylic acid groups (broad SMARTS) is 1. The highest BCUT2D eigenvalue weighted by atomic mass is 32.2. The van der Waals surface area contributed by atoms with Crippen LogP contribution in [0.25, 0.3) is 0 Å². The average Bonchev–Trinajstić information content (AvgIpc) is 1.88. The highest BCUT2D eigenvalue weighted by Gasteiger charge is 2.01. The number of hydrogen-bond donors (Lipinski definition) is 3. The van der Waals surface area contributed by atoms with Gasteiger partial charge in [-0.25, -0.2) is 4.79 Å². The molecule has 0 saturated heterocycles. The molecule has 1 unspecified atom stereocenters. The summed E-state index contributed by atoms with van der Waals surface area (Å²) in [5, 5.41) is 7.26. The van der Waals surface area contributed by atoms with Gasteiger partial charge < -0.3 is 10.8 Å². The van der Waals surface area contributed by atoms with Crippen molar-refractivity contribution in [3.05, 3.63) is 0 Å². The minimum atomic E-state index is -1.21. The van der Waals surface area contributed by atoms with Crippen LogP contribution in [0.3, 0.4) is 0 Å². The lowest BCUT2D eigenvalue weighted by atomic mass is 10.3. The second-order valence-electron chi connectivity index (χ2n) is 1.86. The van der Waals surface area contributed by atoms with E-state index < -0.39 is 16.0 Å². The molecule has 10 heavy (non-hydrogen) atoms. The van der Waals surface area contributed by atoms with E-state index in [9.17, 15) is 4.79 Å². The van der Waals surface area contributed by atoms with Crippen molar-refractivity contribution in [1.29, 1.82) is 4.78 Å². The summed E-state index contributed by atoms with van der Waals surface area (Å²) in [5.41, 5.74) is 5.19. The monoisotopic (exact) mass is 164 g/mol. The van der Waals surface area contributed by atoms with Crippen molar-refractivity contribution in [2.75, 3.05) is 12.3 Å². The summed E-state index contributed by atoms with van der Waals surface area (Å²) < 4.78 is 6.99. The third-order valence-corrected chi connectivity index (χ3v) is 2.13. The van der Waals surface area contributed by atoms with Crippen molar-refractivity contribution >= 4 is 16.0 Å². The molecule has 0 aromatic carbocycles. The minimum Gasteiger partial charge on any atom is -0.472 e. The fourth-order valence-corrected chi connectivity index (χ4v) is 1.15. The first-order chi connectivity index (χ1) is 4.68. The molecule has 0 aliphatic rings. The van der Waals surface area contributed by atoms with Gasteiger partial charge in [-0.3, -0.25) is 4.78 Å². The summed E-state index contributed by atoms with van der Waals surface area (Å²) in [6.07, 6.45) is 1.56. The van der Waals surface area contributed by atoms with Gasteiger partial charge in [0.15, 0.2) is 0 Å². The Labute approximate surface area is 62.3 Å². The summed E-state index contributed by atoms with van der Waals surface area (Å²) in [7, 11) is -1.21. The van der Waals surface area contributed by atoms with Gasteiger partial charge in [0.05, 0.1) is 0 Å². The van der Waals surface area contributed by atoms with E-state index in [2.05, 4.69) is 0 Å². The van der Waals surface area contributed by atoms with Gasteiger partial charge in [-0.05, 0) is 19.4 Å². The van der Waals surface area contributed by atoms with Gasteiger partial charge in [0, 0.05) is 16.4 Å². The van der Waals surface area contributed by atoms with Crippen molar-refractivity contribution in [2.24, 2.45) is 5.73 Å². The Morgan fingerprint density at radius 3 is 2.60 bits per heavy atom. The number of nitrogens with two attached hydrogens (primary N) is 1. The molecular weight excluding hydrogens is 152 g/mol. The Bertz CT molecular complexity index is 138. The Morgan fingerprint density at radius 2 is 2.20 bits per heavy atom. The number of rotatable bonds is 4. The van der Waals surface area contributed by atoms with Gasteiger partial charge >= 0.3 is 5.30 Å². The molecule has 0 spiro atoms. The summed E-state index contributed by atoms with van der Waals surface area (Å²) in [6, 6.07) is 0. The zero-order valence-electron chi connectivity index (χ0n) is 5.67. The first kappa shape index (κ1) is 9.58. The predicted molar refractivity (Wildman–Crippen MR) is 41.3 cm³/mol. The van der Waals surface area contributed by atoms with Crippen molar-refractivity contribution in [3.8, 4) is 0 Å². The van der Waals surface area contributed by atoms with Crippen molar-refractivity contribution in [3.63, 3.8) is 0 Å². The van der Waals surface area contributed by atoms with Gasteiger partial charge in [-0.1, -0.05) is 0 Å². The van der Waals surface area contributed by atoms with Gasteiger partial charge in [-0.15, -0.1) is 0 Å². The normalized spacial score (nSPS) is 12.9. The number of carbonyl (C=O) groups is 1. The molecule has 0 heterocycles. The van der Waals surface area contributed by atoms with E-state index in [1.54, 1.807) is 0 Å². The maximum atomic E-state index is 10.1. The number of hydrogen-bond acceptors (Lipinski definition) is 3. The highest BCUT2D eigenvalue weighted by molar-refractivity contribution is 8.00. The Balaban J connectivity index is 3.31. The summed E-state index contributed by atoms with van der Waals surface area (Å²) in [5.74, 6) is 0.437. The zero-order chi connectivity index (χ0) is 7.98. The Kier molecular flexibility index (Phi) is 5.15. The fraction of sp³-hybridized carbons (Fsp3) is 0.800. The molecule has 0 fully saturated rings. The molecule has 60 valence electrons. The molecule has 4 nitrogen and oxygen atoms in total. The number of nitrogens with one attached hydrogen (secondary N) is 1. The van der Waals surface area contributed by atoms with Crippen LogP contribution in [0, 0.1) is 4.78 Å². The maximum absolute atomic E-state index is 10.1. The molecule has 1 atom stereocenters. The molecule has 0 aliphatic carbocycles. The molecule has 0 aliphatic heterocycles. The van der Waals surface area contributed by atoms with Crippen LogP contribution in [0.2, 0.25) is 0 Å². The molecular formula is C5H12N2O2S. The molecule has 0 aromatic heterocycles. The van der Waals surface area contributed by atoms with E-state index in [-0.39, 0.29) is 0 Å². The van der Waals surface area contributed by atoms with Crippen LogP contribution in [-0.2, 0) is 10.7 Å². The van der Waals surface area contributed by atoms with E-state index in [0.29, 0.717) is 12.3 Å². The van der Waals surface area contributed by atoms with Crippen molar-refractivity contribution in [2.45, 2.75) is 12.8 Å². The van der Waals surface area contributed by atoms with Gasteiger partial charge in [0.2, 0.25) is 0 Å². The Hall–Kier alpha value is -0.420. The first-order valence-corrected chi connectivity index (χ1v) is 4.43. The third kappa shape index (κ3) is 4.46. The molecule has 0 bridgehead atoms. The zero-order valence-corrected chi connectivity index (χ0v) is 6.49. The van der Waals surface area contributed by atoms with Crippen molar-refractivity contribution in [1.82, 2.24) is 0 Å². The van der Waals surface area contributed by atoms with E-state index in [0.717, 1.165) is 12.8 Å². The molecule has 0 aromatic rings. The van der Waals surface area contributed by atoms with Crippen LogP contribution in [0.5, 0.6) is 0 Å². The summed E-state index contributed by atoms with van der Waals surface area (Å²) in [4.78, 5) is 10.1. The number of unbranched alkanes of at least 4 members (excludes halogenated alkanes) is 1. The summed E-state index contributed by atoms with van der Waals surface area (Å²) >= 11 is 0. The largest absolute Gasteiger partial charge is 0.472 e. The van der Waals surface area contributed by atoms with Gasteiger partial charge in [0.25, 0.3) is 0 Å². The third-order valence-electron chi connectivity index (χ3n) is 1.01. The highest BCUT2D eigenvalue weighted by Crippen LogP contribution is 1.92. The molecule has 5 heteroatoms. The van der Waals surface area contributed by atoms with E-state index in [4.69, 9.17) is 15.6 Å². The van der Waals surface area contributed by atoms with Gasteiger partial charge in [0.1, 0.15) is 0 Å². The van der Waals surface area contributed by atoms with Crippen LogP contribution in [0.4, 0.5) is 4.79 Å². The smallest absolute Gasteiger partial charge is 0.375 e. The minimum absolute atomic E-state index is 0.437. The summed E-state index contributed by atoms with van der Waals surface area (Å²) in [6.45, 7) is 0.580.